The molecule has 0 bridgehead atoms. The number of H-pyrrole nitrogens is 1. The van der Waals surface area contributed by atoms with E-state index in [0.29, 0.717) is 0 Å². The lowest BCUT2D eigenvalue weighted by Crippen LogP contribution is -2.23. The highest BCUT2D eigenvalue weighted by molar-refractivity contribution is 5.72. The minimum Gasteiger partial charge on any atom is -0.466 e. The Kier molecular flexibility index (Phi) is 4.96. The van der Waals surface area contributed by atoms with Crippen LogP contribution in [0.15, 0.2) is 11.0 Å². The number of pyridine rings is 1. The Morgan fingerprint density at radius 1 is 1.56 bits per heavy atom. The van der Waals surface area contributed by atoms with Gasteiger partial charge in [0.25, 0.3) is 6.43 Å². The van der Waals surface area contributed by atoms with E-state index in [-0.39, 0.29) is 24.4 Å². The Labute approximate surface area is 102 Å². The zero-order chi connectivity index (χ0) is 13.7. The Hall–Kier alpha value is -1.76. The van der Waals surface area contributed by atoms with E-state index in [1.165, 1.54) is 6.20 Å². The second-order valence-corrected chi connectivity index (χ2v) is 3.52. The summed E-state index contributed by atoms with van der Waals surface area (Å²) >= 11 is 0. The molecule has 0 aliphatic carbocycles. The number of esters is 1. The second-order valence-electron chi connectivity index (χ2n) is 3.52. The predicted octanol–water partition coefficient (Wildman–Crippen LogP) is 0.877. The van der Waals surface area contributed by atoms with Crippen molar-refractivity contribution in [1.29, 1.82) is 0 Å². The molecule has 0 saturated heterocycles. The lowest BCUT2D eigenvalue weighted by molar-refractivity contribution is -0.142. The Bertz CT molecular complexity index is 486. The summed E-state index contributed by atoms with van der Waals surface area (Å²) in [6.45, 7) is 1.61. The minimum atomic E-state index is -2.97. The van der Waals surface area contributed by atoms with Gasteiger partial charge in [-0.25, -0.2) is 8.78 Å². The van der Waals surface area contributed by atoms with E-state index >= 15 is 0 Å². The maximum absolute atomic E-state index is 12.8. The van der Waals surface area contributed by atoms with E-state index in [4.69, 9.17) is 5.73 Å². The molecule has 18 heavy (non-hydrogen) atoms. The molecule has 0 aliphatic rings. The van der Waals surface area contributed by atoms with Gasteiger partial charge in [-0.2, -0.15) is 0 Å². The summed E-state index contributed by atoms with van der Waals surface area (Å²) in [6, 6.07) is 0. The van der Waals surface area contributed by atoms with E-state index in [1.807, 2.05) is 0 Å². The van der Waals surface area contributed by atoms with Gasteiger partial charge in [-0.1, -0.05) is 0 Å². The molecule has 0 atom stereocenters. The van der Waals surface area contributed by atoms with Crippen molar-refractivity contribution in [2.24, 2.45) is 5.73 Å². The van der Waals surface area contributed by atoms with E-state index < -0.39 is 29.8 Å². The summed E-state index contributed by atoms with van der Waals surface area (Å²) in [6.07, 6.45) is -2.12. The third kappa shape index (κ3) is 3.13. The molecule has 0 amide bonds. The van der Waals surface area contributed by atoms with Crippen molar-refractivity contribution in [3.8, 4) is 0 Å². The number of aromatic nitrogens is 1. The number of carbonyl (C=O) groups excluding carboxylic acids is 1. The minimum absolute atomic E-state index is 0.0536. The molecule has 0 unspecified atom stereocenters. The van der Waals surface area contributed by atoms with Gasteiger partial charge in [0.05, 0.1) is 18.6 Å². The average Bonchev–Trinajstić information content (AvgIpc) is 2.29. The molecule has 0 saturated carbocycles. The standard InChI is InChI=1S/C11H14F2N2O3/c1-2-18-8(16)3-7-9(11(12)13)10(17)6(4-14)5-15-7/h5,11H,2-4,14H2,1H3,(H,15,17). The van der Waals surface area contributed by atoms with Gasteiger partial charge in [0.1, 0.15) is 0 Å². The van der Waals surface area contributed by atoms with Crippen molar-refractivity contribution in [3.05, 3.63) is 33.2 Å². The molecule has 5 nitrogen and oxygen atoms in total. The molecular weight excluding hydrogens is 246 g/mol. The smallest absolute Gasteiger partial charge is 0.311 e. The first kappa shape index (κ1) is 14.3. The monoisotopic (exact) mass is 260 g/mol. The first-order chi connectivity index (χ1) is 8.51. The van der Waals surface area contributed by atoms with Crippen molar-refractivity contribution in [3.63, 3.8) is 0 Å². The molecule has 1 aromatic rings. The Morgan fingerprint density at radius 3 is 2.72 bits per heavy atom. The SMILES string of the molecule is CCOC(=O)Cc1[nH]cc(CN)c(=O)c1C(F)F. The molecule has 1 heterocycles. The molecular formula is C11H14F2N2O3. The van der Waals surface area contributed by atoms with Crippen LogP contribution in [0.25, 0.3) is 0 Å². The van der Waals surface area contributed by atoms with Gasteiger partial charge < -0.3 is 15.5 Å². The molecule has 0 radical (unpaired) electrons. The van der Waals surface area contributed by atoms with Gasteiger partial charge >= 0.3 is 5.97 Å². The van der Waals surface area contributed by atoms with Gasteiger partial charge in [-0.3, -0.25) is 9.59 Å². The molecule has 1 aromatic heterocycles. The molecule has 1 rings (SSSR count). The third-order valence-corrected chi connectivity index (χ3v) is 2.35. The van der Waals surface area contributed by atoms with E-state index in [9.17, 15) is 18.4 Å². The molecule has 0 aliphatic heterocycles. The van der Waals surface area contributed by atoms with Crippen molar-refractivity contribution < 1.29 is 18.3 Å². The van der Waals surface area contributed by atoms with Crippen LogP contribution in [-0.2, 0) is 22.5 Å². The van der Waals surface area contributed by atoms with Crippen LogP contribution in [0.3, 0.4) is 0 Å². The number of hydrogen-bond donors (Lipinski definition) is 2. The van der Waals surface area contributed by atoms with Gasteiger partial charge in [0.15, 0.2) is 5.43 Å². The van der Waals surface area contributed by atoms with Crippen LogP contribution >= 0.6 is 0 Å². The normalized spacial score (nSPS) is 10.7. The van der Waals surface area contributed by atoms with Crippen molar-refractivity contribution in [1.82, 2.24) is 4.98 Å². The molecule has 0 spiro atoms. The number of rotatable bonds is 5. The lowest BCUT2D eigenvalue weighted by atomic mass is 10.1. The van der Waals surface area contributed by atoms with Crippen LogP contribution in [-0.4, -0.2) is 17.6 Å². The molecule has 0 fully saturated rings. The van der Waals surface area contributed by atoms with Crippen molar-refractivity contribution in [2.45, 2.75) is 26.3 Å². The van der Waals surface area contributed by atoms with Crippen molar-refractivity contribution >= 4 is 5.97 Å². The van der Waals surface area contributed by atoms with Crippen LogP contribution < -0.4 is 11.2 Å². The first-order valence-electron chi connectivity index (χ1n) is 5.38. The summed E-state index contributed by atoms with van der Waals surface area (Å²) < 4.78 is 30.3. The van der Waals surface area contributed by atoms with E-state index in [2.05, 4.69) is 9.72 Å². The Balaban J connectivity index is 3.16. The van der Waals surface area contributed by atoms with E-state index in [0.717, 1.165) is 0 Å². The highest BCUT2D eigenvalue weighted by Gasteiger charge is 2.21. The van der Waals surface area contributed by atoms with Crippen LogP contribution in [0.5, 0.6) is 0 Å². The maximum atomic E-state index is 12.8. The summed E-state index contributed by atoms with van der Waals surface area (Å²) in [5.74, 6) is -0.671. The van der Waals surface area contributed by atoms with Crippen LogP contribution in [0.1, 0.15) is 30.2 Å². The zero-order valence-corrected chi connectivity index (χ0v) is 9.83. The topological polar surface area (TPSA) is 85.2 Å². The quantitative estimate of drug-likeness (QED) is 0.769. The maximum Gasteiger partial charge on any atom is 0.311 e. The van der Waals surface area contributed by atoms with Gasteiger partial charge in [0.2, 0.25) is 0 Å². The molecule has 100 valence electrons. The van der Waals surface area contributed by atoms with Crippen LogP contribution in [0.2, 0.25) is 0 Å². The number of carbonyl (C=O) groups is 1. The van der Waals surface area contributed by atoms with Gasteiger partial charge in [0, 0.05) is 24.0 Å². The average molecular weight is 260 g/mol. The Morgan fingerprint density at radius 2 is 2.22 bits per heavy atom. The molecule has 3 N–H and O–H groups in total. The van der Waals surface area contributed by atoms with Gasteiger partial charge in [-0.05, 0) is 6.92 Å². The lowest BCUT2D eigenvalue weighted by Gasteiger charge is -2.09. The first-order valence-corrected chi connectivity index (χ1v) is 5.38. The second kappa shape index (κ2) is 6.25. The van der Waals surface area contributed by atoms with Crippen LogP contribution in [0.4, 0.5) is 8.78 Å². The molecule has 7 heteroatoms. The number of alkyl halides is 2. The molecule has 0 aromatic carbocycles. The number of aromatic amines is 1. The predicted molar refractivity (Wildman–Crippen MR) is 60.2 cm³/mol. The summed E-state index contributed by atoms with van der Waals surface area (Å²) in [7, 11) is 0. The summed E-state index contributed by atoms with van der Waals surface area (Å²) in [5.41, 5.74) is 3.64. The number of halogens is 2. The summed E-state index contributed by atoms with van der Waals surface area (Å²) in [5, 5.41) is 0. The largest absolute Gasteiger partial charge is 0.466 e. The highest BCUT2D eigenvalue weighted by Crippen LogP contribution is 2.19. The number of hydrogen-bond acceptors (Lipinski definition) is 4. The highest BCUT2D eigenvalue weighted by atomic mass is 19.3. The van der Waals surface area contributed by atoms with Gasteiger partial charge in [-0.15, -0.1) is 0 Å². The number of nitrogens with two attached hydrogens (primary N) is 1. The van der Waals surface area contributed by atoms with Crippen LogP contribution in [0, 0.1) is 0 Å². The summed E-state index contributed by atoms with van der Waals surface area (Å²) in [4.78, 5) is 25.4. The number of nitrogens with one attached hydrogen (secondary N) is 1. The fraction of sp³-hybridized carbons (Fsp3) is 0.455. The fourth-order valence-corrected chi connectivity index (χ4v) is 1.51. The fourth-order valence-electron chi connectivity index (χ4n) is 1.51. The third-order valence-electron chi connectivity index (χ3n) is 2.35. The van der Waals surface area contributed by atoms with Crippen molar-refractivity contribution in [2.75, 3.05) is 6.61 Å². The zero-order valence-electron chi connectivity index (χ0n) is 9.83. The number of ether oxygens (including phenoxy) is 1. The van der Waals surface area contributed by atoms with E-state index in [1.54, 1.807) is 6.92 Å².